The number of nitrogens with one attached hydrogen (secondary N) is 1. The van der Waals surface area contributed by atoms with Crippen LogP contribution in [0.5, 0.6) is 0 Å². The summed E-state index contributed by atoms with van der Waals surface area (Å²) in [5.74, 6) is -1.62. The van der Waals surface area contributed by atoms with E-state index in [0.717, 1.165) is 11.6 Å². The van der Waals surface area contributed by atoms with Gasteiger partial charge in [0.2, 0.25) is 0 Å². The van der Waals surface area contributed by atoms with Crippen molar-refractivity contribution >= 4 is 0 Å². The van der Waals surface area contributed by atoms with Crippen LogP contribution < -0.4 is 5.32 Å². The summed E-state index contributed by atoms with van der Waals surface area (Å²) >= 11 is 0. The van der Waals surface area contributed by atoms with Gasteiger partial charge >= 0.3 is 0 Å². The van der Waals surface area contributed by atoms with E-state index in [2.05, 4.69) is 11.9 Å². The zero-order valence-corrected chi connectivity index (χ0v) is 7.19. The van der Waals surface area contributed by atoms with Crippen molar-refractivity contribution in [3.63, 3.8) is 0 Å². The summed E-state index contributed by atoms with van der Waals surface area (Å²) in [6.45, 7) is 4.70. The predicted molar refractivity (Wildman–Crippen MR) is 48.3 cm³/mol. The van der Waals surface area contributed by atoms with Crippen LogP contribution in [0.4, 0.5) is 8.78 Å². The van der Waals surface area contributed by atoms with Crippen molar-refractivity contribution in [3.8, 4) is 0 Å². The molecule has 1 nitrogen and oxygen atoms in total. The number of rotatable bonds is 4. The third-order valence-electron chi connectivity index (χ3n) is 1.60. The molecule has 0 amide bonds. The Morgan fingerprint density at radius 3 is 2.69 bits per heavy atom. The fourth-order valence-electron chi connectivity index (χ4n) is 0.968. The average Bonchev–Trinajstić information content (AvgIpc) is 2.12. The summed E-state index contributed by atoms with van der Waals surface area (Å²) in [6.07, 6.45) is 1.71. The topological polar surface area (TPSA) is 12.0 Å². The first kappa shape index (κ1) is 9.86. The zero-order chi connectivity index (χ0) is 9.68. The van der Waals surface area contributed by atoms with Crippen LogP contribution in [0.3, 0.4) is 0 Å². The lowest BCUT2D eigenvalue weighted by Crippen LogP contribution is -2.12. The molecule has 0 aromatic heterocycles. The molecule has 0 aliphatic rings. The van der Waals surface area contributed by atoms with Gasteiger partial charge in [-0.1, -0.05) is 12.1 Å². The molecule has 0 heterocycles. The number of hydrogen-bond acceptors (Lipinski definition) is 1. The standard InChI is InChI=1S/C10H11F2N/c1-2-5-13-7-8-3-4-9(11)10(12)6-8/h2-4,6,13H,1,5,7H2. The van der Waals surface area contributed by atoms with E-state index in [-0.39, 0.29) is 0 Å². The predicted octanol–water partition coefficient (Wildman–Crippen LogP) is 2.24. The molecular weight excluding hydrogens is 172 g/mol. The molecule has 0 atom stereocenters. The van der Waals surface area contributed by atoms with Crippen molar-refractivity contribution in [3.05, 3.63) is 48.1 Å². The van der Waals surface area contributed by atoms with E-state index in [1.54, 1.807) is 12.1 Å². The third kappa shape index (κ3) is 2.95. The smallest absolute Gasteiger partial charge is 0.159 e. The van der Waals surface area contributed by atoms with Crippen LogP contribution in [0.15, 0.2) is 30.9 Å². The number of benzene rings is 1. The van der Waals surface area contributed by atoms with Crippen molar-refractivity contribution in [2.24, 2.45) is 0 Å². The van der Waals surface area contributed by atoms with Gasteiger partial charge in [-0.25, -0.2) is 8.78 Å². The van der Waals surface area contributed by atoms with Crippen molar-refractivity contribution in [1.29, 1.82) is 0 Å². The number of halogens is 2. The Kier molecular flexibility index (Phi) is 3.58. The van der Waals surface area contributed by atoms with Gasteiger partial charge in [0.15, 0.2) is 11.6 Å². The highest BCUT2D eigenvalue weighted by Gasteiger charge is 2.01. The minimum Gasteiger partial charge on any atom is -0.309 e. The van der Waals surface area contributed by atoms with E-state index in [9.17, 15) is 8.78 Å². The molecule has 0 unspecified atom stereocenters. The lowest BCUT2D eigenvalue weighted by molar-refractivity contribution is 0.506. The molecule has 0 saturated heterocycles. The summed E-state index contributed by atoms with van der Waals surface area (Å²) in [5, 5.41) is 2.99. The van der Waals surface area contributed by atoms with Gasteiger partial charge in [0.25, 0.3) is 0 Å². The Morgan fingerprint density at radius 1 is 1.31 bits per heavy atom. The molecule has 13 heavy (non-hydrogen) atoms. The minimum absolute atomic E-state index is 0.517. The maximum atomic E-state index is 12.7. The number of hydrogen-bond donors (Lipinski definition) is 1. The van der Waals surface area contributed by atoms with E-state index in [1.807, 2.05) is 0 Å². The molecule has 1 aromatic carbocycles. The monoisotopic (exact) mass is 183 g/mol. The van der Waals surface area contributed by atoms with Crippen LogP contribution >= 0.6 is 0 Å². The van der Waals surface area contributed by atoms with Crippen LogP contribution in [-0.4, -0.2) is 6.54 Å². The Bertz CT molecular complexity index is 297. The largest absolute Gasteiger partial charge is 0.309 e. The molecule has 0 saturated carbocycles. The van der Waals surface area contributed by atoms with Gasteiger partial charge in [-0.05, 0) is 17.7 Å². The first-order chi connectivity index (χ1) is 6.24. The van der Waals surface area contributed by atoms with E-state index >= 15 is 0 Å². The maximum Gasteiger partial charge on any atom is 0.159 e. The molecular formula is C10H11F2N. The minimum atomic E-state index is -0.813. The molecule has 3 heteroatoms. The van der Waals surface area contributed by atoms with Gasteiger partial charge in [-0.3, -0.25) is 0 Å². The lowest BCUT2D eigenvalue weighted by Gasteiger charge is -2.02. The first-order valence-corrected chi connectivity index (χ1v) is 3.99. The van der Waals surface area contributed by atoms with Gasteiger partial charge < -0.3 is 5.32 Å². The molecule has 0 aliphatic heterocycles. The van der Waals surface area contributed by atoms with Crippen molar-refractivity contribution < 1.29 is 8.78 Å². The van der Waals surface area contributed by atoms with Gasteiger partial charge in [-0.2, -0.15) is 0 Å². The fourth-order valence-corrected chi connectivity index (χ4v) is 0.968. The molecule has 0 spiro atoms. The first-order valence-electron chi connectivity index (χ1n) is 3.99. The zero-order valence-electron chi connectivity index (χ0n) is 7.19. The molecule has 70 valence electrons. The average molecular weight is 183 g/mol. The molecule has 0 bridgehead atoms. The molecule has 0 aliphatic carbocycles. The van der Waals surface area contributed by atoms with Gasteiger partial charge in [-0.15, -0.1) is 6.58 Å². The summed E-state index contributed by atoms with van der Waals surface area (Å²) in [4.78, 5) is 0. The van der Waals surface area contributed by atoms with Crippen LogP contribution in [0, 0.1) is 11.6 Å². The summed E-state index contributed by atoms with van der Waals surface area (Å²) in [5.41, 5.74) is 0.723. The van der Waals surface area contributed by atoms with E-state index in [0.29, 0.717) is 13.1 Å². The van der Waals surface area contributed by atoms with E-state index < -0.39 is 11.6 Å². The lowest BCUT2D eigenvalue weighted by atomic mass is 10.2. The Hall–Kier alpha value is -1.22. The second-order valence-corrected chi connectivity index (χ2v) is 2.67. The second-order valence-electron chi connectivity index (χ2n) is 2.67. The van der Waals surface area contributed by atoms with Crippen LogP contribution in [0.1, 0.15) is 5.56 Å². The van der Waals surface area contributed by atoms with Crippen LogP contribution in [0.25, 0.3) is 0 Å². The highest BCUT2D eigenvalue weighted by Crippen LogP contribution is 2.07. The van der Waals surface area contributed by atoms with Gasteiger partial charge in [0.1, 0.15) is 0 Å². The third-order valence-corrected chi connectivity index (χ3v) is 1.60. The fraction of sp³-hybridized carbons (Fsp3) is 0.200. The summed E-state index contributed by atoms with van der Waals surface area (Å²) in [6, 6.07) is 3.86. The molecule has 0 fully saturated rings. The Labute approximate surface area is 76.1 Å². The maximum absolute atomic E-state index is 12.7. The normalized spacial score (nSPS) is 10.0. The van der Waals surface area contributed by atoms with Crippen LogP contribution in [0.2, 0.25) is 0 Å². The van der Waals surface area contributed by atoms with Crippen molar-refractivity contribution in [2.45, 2.75) is 6.54 Å². The SMILES string of the molecule is C=CCNCc1ccc(F)c(F)c1. The highest BCUT2D eigenvalue weighted by molar-refractivity contribution is 5.17. The molecule has 1 aromatic rings. The quantitative estimate of drug-likeness (QED) is 0.557. The van der Waals surface area contributed by atoms with Crippen LogP contribution in [-0.2, 0) is 6.54 Å². The van der Waals surface area contributed by atoms with Gasteiger partial charge in [0.05, 0.1) is 0 Å². The van der Waals surface area contributed by atoms with E-state index in [4.69, 9.17) is 0 Å². The Morgan fingerprint density at radius 2 is 2.08 bits per heavy atom. The van der Waals surface area contributed by atoms with E-state index in [1.165, 1.54) is 6.07 Å². The second kappa shape index (κ2) is 4.72. The van der Waals surface area contributed by atoms with Crippen molar-refractivity contribution in [1.82, 2.24) is 5.32 Å². The molecule has 1 N–H and O–H groups in total. The van der Waals surface area contributed by atoms with Gasteiger partial charge in [0, 0.05) is 13.1 Å². The summed E-state index contributed by atoms with van der Waals surface area (Å²) < 4.78 is 25.1. The van der Waals surface area contributed by atoms with Crippen molar-refractivity contribution in [2.75, 3.05) is 6.54 Å². The molecule has 0 radical (unpaired) electrons. The summed E-state index contributed by atoms with van der Waals surface area (Å²) in [7, 11) is 0. The molecule has 1 rings (SSSR count). The Balaban J connectivity index is 2.57. The highest BCUT2D eigenvalue weighted by atomic mass is 19.2.